The maximum atomic E-state index is 13.5. The van der Waals surface area contributed by atoms with Gasteiger partial charge >= 0.3 is 18.1 Å². The zero-order valence-corrected chi connectivity index (χ0v) is 13.2. The van der Waals surface area contributed by atoms with Gasteiger partial charge in [0.05, 0.1) is 6.54 Å². The first kappa shape index (κ1) is 17.2. The van der Waals surface area contributed by atoms with Crippen molar-refractivity contribution in [1.82, 2.24) is 10.6 Å². The summed E-state index contributed by atoms with van der Waals surface area (Å²) in [6, 6.07) is 6.02. The van der Waals surface area contributed by atoms with Crippen LogP contribution in [0.4, 0.5) is 18.0 Å². The molecule has 0 fully saturated rings. The van der Waals surface area contributed by atoms with E-state index in [0.29, 0.717) is 5.56 Å². The van der Waals surface area contributed by atoms with E-state index in [1.165, 1.54) is 18.2 Å². The summed E-state index contributed by atoms with van der Waals surface area (Å²) in [6.07, 6.45) is -1.78. The second-order valence-electron chi connectivity index (χ2n) is 5.13. The Morgan fingerprint density at radius 3 is 2.68 bits per heavy atom. The molecule has 1 aliphatic rings. The first-order valence-electron chi connectivity index (χ1n) is 7.04. The standard InChI is InChI=1S/C15H11ClF3N3O3/c16-10-3-4-11-12(6-10)25-15(24-11,14(17,18)19)22-13(23)21-8-9-2-1-5-20-7-9/h1-7H,8H2,(H2,21,22,23)/p+1. The largest absolute Gasteiger partial charge is 0.492 e. The van der Waals surface area contributed by atoms with Crippen LogP contribution in [0.2, 0.25) is 5.02 Å². The highest BCUT2D eigenvalue weighted by atomic mass is 35.5. The minimum absolute atomic E-state index is 0.00981. The number of aromatic amines is 1. The minimum Gasteiger partial charge on any atom is -0.424 e. The molecule has 0 bridgehead atoms. The molecule has 0 spiro atoms. The van der Waals surface area contributed by atoms with E-state index in [9.17, 15) is 18.0 Å². The van der Waals surface area contributed by atoms with Crippen molar-refractivity contribution in [3.63, 3.8) is 0 Å². The second-order valence-corrected chi connectivity index (χ2v) is 5.57. The Bertz CT molecular complexity index is 789. The smallest absolute Gasteiger partial charge is 0.424 e. The maximum Gasteiger partial charge on any atom is 0.492 e. The van der Waals surface area contributed by atoms with Gasteiger partial charge in [0, 0.05) is 22.7 Å². The van der Waals surface area contributed by atoms with Crippen molar-refractivity contribution in [3.05, 3.63) is 53.3 Å². The molecule has 10 heteroatoms. The van der Waals surface area contributed by atoms with Gasteiger partial charge in [0.15, 0.2) is 23.9 Å². The van der Waals surface area contributed by atoms with Crippen LogP contribution in [0.3, 0.4) is 0 Å². The number of aromatic nitrogens is 1. The number of hydrogen-bond donors (Lipinski definition) is 2. The van der Waals surface area contributed by atoms with Gasteiger partial charge in [-0.15, -0.1) is 0 Å². The van der Waals surface area contributed by atoms with Gasteiger partial charge in [-0.05, 0) is 18.2 Å². The highest BCUT2D eigenvalue weighted by Crippen LogP contribution is 2.45. The van der Waals surface area contributed by atoms with Crippen molar-refractivity contribution < 1.29 is 32.4 Å². The zero-order chi connectivity index (χ0) is 18.1. The molecule has 2 aromatic rings. The van der Waals surface area contributed by atoms with E-state index in [1.54, 1.807) is 29.8 Å². The number of carbonyl (C=O) groups excluding carboxylic acids is 1. The Morgan fingerprint density at radius 2 is 2.00 bits per heavy atom. The SMILES string of the molecule is O=C(NCc1ccc[nH+]c1)NC1(C(F)(F)F)Oc2ccc(Cl)cc2O1. The van der Waals surface area contributed by atoms with Crippen LogP contribution in [-0.2, 0) is 6.54 Å². The van der Waals surface area contributed by atoms with Crippen LogP contribution in [0.5, 0.6) is 11.5 Å². The van der Waals surface area contributed by atoms with Crippen LogP contribution in [0.15, 0.2) is 42.7 Å². The number of fused-ring (bicyclic) bond motifs is 1. The molecule has 3 N–H and O–H groups in total. The topological polar surface area (TPSA) is 73.7 Å². The number of rotatable bonds is 3. The lowest BCUT2D eigenvalue weighted by atomic mass is 10.3. The molecule has 1 unspecified atom stereocenters. The van der Waals surface area contributed by atoms with Crippen molar-refractivity contribution in [2.45, 2.75) is 18.6 Å². The summed E-state index contributed by atoms with van der Waals surface area (Å²) in [5, 5.41) is 4.17. The summed E-state index contributed by atoms with van der Waals surface area (Å²) < 4.78 is 50.1. The second kappa shape index (κ2) is 6.32. The summed E-state index contributed by atoms with van der Waals surface area (Å²) in [7, 11) is 0. The first-order chi connectivity index (χ1) is 11.8. The monoisotopic (exact) mass is 374 g/mol. The predicted octanol–water partition coefficient (Wildman–Crippen LogP) is 2.64. The maximum absolute atomic E-state index is 13.5. The molecule has 2 heterocycles. The fourth-order valence-corrected chi connectivity index (χ4v) is 2.29. The van der Waals surface area contributed by atoms with Gasteiger partial charge in [0.1, 0.15) is 0 Å². The van der Waals surface area contributed by atoms with E-state index in [-0.39, 0.29) is 23.1 Å². The van der Waals surface area contributed by atoms with Crippen LogP contribution in [-0.4, -0.2) is 18.1 Å². The number of H-pyrrole nitrogens is 1. The minimum atomic E-state index is -5.03. The molecule has 25 heavy (non-hydrogen) atoms. The van der Waals surface area contributed by atoms with Crippen LogP contribution in [0, 0.1) is 0 Å². The van der Waals surface area contributed by atoms with Crippen molar-refractivity contribution in [2.75, 3.05) is 0 Å². The Balaban J connectivity index is 1.74. The van der Waals surface area contributed by atoms with Crippen molar-refractivity contribution >= 4 is 17.6 Å². The molecule has 2 amide bonds. The third-order valence-electron chi connectivity index (χ3n) is 3.29. The van der Waals surface area contributed by atoms with E-state index in [1.807, 2.05) is 0 Å². The third kappa shape index (κ3) is 3.55. The lowest BCUT2D eigenvalue weighted by molar-refractivity contribution is -0.378. The molecule has 6 nitrogen and oxygen atoms in total. The summed E-state index contributed by atoms with van der Waals surface area (Å²) in [5.41, 5.74) is 0.669. The van der Waals surface area contributed by atoms with Gasteiger partial charge in [-0.25, -0.2) is 9.78 Å². The fourth-order valence-electron chi connectivity index (χ4n) is 2.13. The number of alkyl halides is 3. The lowest BCUT2D eigenvalue weighted by Crippen LogP contribution is -2.66. The van der Waals surface area contributed by atoms with Gasteiger partial charge in [-0.3, -0.25) is 5.32 Å². The highest BCUT2D eigenvalue weighted by molar-refractivity contribution is 6.30. The van der Waals surface area contributed by atoms with Gasteiger partial charge in [-0.1, -0.05) is 11.6 Å². The average molecular weight is 375 g/mol. The number of ether oxygens (including phenoxy) is 2. The average Bonchev–Trinajstić information content (AvgIpc) is 2.92. The molecule has 1 aliphatic heterocycles. The van der Waals surface area contributed by atoms with E-state index in [2.05, 4.69) is 10.3 Å². The quantitative estimate of drug-likeness (QED) is 0.867. The molecule has 1 aromatic carbocycles. The molecule has 0 saturated carbocycles. The highest BCUT2D eigenvalue weighted by Gasteiger charge is 2.65. The Labute approximate surface area is 144 Å². The Morgan fingerprint density at radius 1 is 1.24 bits per heavy atom. The van der Waals surface area contributed by atoms with E-state index in [4.69, 9.17) is 21.1 Å². The number of nitrogens with one attached hydrogen (secondary N) is 3. The number of carbonyl (C=O) groups is 1. The van der Waals surface area contributed by atoms with E-state index in [0.717, 1.165) is 0 Å². The summed E-state index contributed by atoms with van der Waals surface area (Å²) in [6.45, 7) is 0.00981. The summed E-state index contributed by atoms with van der Waals surface area (Å²) in [5.74, 6) is -3.73. The van der Waals surface area contributed by atoms with Crippen molar-refractivity contribution in [3.8, 4) is 11.5 Å². The predicted molar refractivity (Wildman–Crippen MR) is 79.9 cm³/mol. The van der Waals surface area contributed by atoms with Crippen LogP contribution in [0.1, 0.15) is 5.56 Å². The van der Waals surface area contributed by atoms with Gasteiger partial charge in [0.25, 0.3) is 0 Å². The molecule has 0 radical (unpaired) electrons. The lowest BCUT2D eigenvalue weighted by Gasteiger charge is -2.29. The van der Waals surface area contributed by atoms with Crippen LogP contribution < -0.4 is 25.1 Å². The molecule has 132 valence electrons. The third-order valence-corrected chi connectivity index (χ3v) is 3.52. The Hall–Kier alpha value is -2.68. The summed E-state index contributed by atoms with van der Waals surface area (Å²) >= 11 is 5.73. The summed E-state index contributed by atoms with van der Waals surface area (Å²) in [4.78, 5) is 14.7. The number of halogens is 4. The van der Waals surface area contributed by atoms with Gasteiger partial charge in [0.2, 0.25) is 0 Å². The van der Waals surface area contributed by atoms with E-state index >= 15 is 0 Å². The van der Waals surface area contributed by atoms with Gasteiger partial charge in [-0.2, -0.15) is 13.2 Å². The first-order valence-corrected chi connectivity index (χ1v) is 7.42. The normalized spacial score (nSPS) is 18.7. The zero-order valence-electron chi connectivity index (χ0n) is 12.5. The number of pyridine rings is 1. The number of benzene rings is 1. The molecule has 1 atom stereocenters. The van der Waals surface area contributed by atoms with Gasteiger partial charge < -0.3 is 14.8 Å². The molecule has 3 rings (SSSR count). The molecule has 0 saturated heterocycles. The van der Waals surface area contributed by atoms with Crippen LogP contribution >= 0.6 is 11.6 Å². The fraction of sp³-hybridized carbons (Fsp3) is 0.200. The molecule has 0 aliphatic carbocycles. The molecular weight excluding hydrogens is 363 g/mol. The Kier molecular flexibility index (Phi) is 4.34. The van der Waals surface area contributed by atoms with Crippen molar-refractivity contribution in [2.24, 2.45) is 0 Å². The van der Waals surface area contributed by atoms with Crippen LogP contribution in [0.25, 0.3) is 0 Å². The number of amides is 2. The molecular formula is C15H12ClF3N3O3+. The number of hydrogen-bond acceptors (Lipinski definition) is 3. The van der Waals surface area contributed by atoms with Crippen molar-refractivity contribution in [1.29, 1.82) is 0 Å². The molecule has 1 aromatic heterocycles. The van der Waals surface area contributed by atoms with E-state index < -0.39 is 18.1 Å². The number of urea groups is 1.